The molecule has 0 spiro atoms. The molecule has 0 unspecified atom stereocenters. The molecule has 0 aromatic carbocycles. The average molecular weight is 420 g/mol. The molecule has 5 heteroatoms. The first kappa shape index (κ1) is 13.5. The summed E-state index contributed by atoms with van der Waals surface area (Å²) in [7, 11) is -1.32. The molecule has 0 aromatic rings. The molecule has 0 N–H and O–H groups in total. The van der Waals surface area contributed by atoms with Crippen LogP contribution >= 0.6 is 37.8 Å². The molecule has 78 valence electrons. The fraction of sp³-hybridized carbons (Fsp3) is 1.00. The molecule has 0 rings (SSSR count). The van der Waals surface area contributed by atoms with E-state index >= 15 is 0 Å². The number of hydrogen-bond acceptors (Lipinski definition) is 0. The fourth-order valence-corrected chi connectivity index (χ4v) is 37.9. The van der Waals surface area contributed by atoms with Crippen molar-refractivity contribution in [2.75, 3.05) is 40.0 Å². The molecule has 0 aromatic heterocycles. The zero-order chi connectivity index (χ0) is 9.50. The Kier molecular flexibility index (Phi) is 4.81. The molecule has 0 aliphatic carbocycles. The van der Waals surface area contributed by atoms with Crippen LogP contribution in [0.4, 0.5) is 0 Å². The zero-order valence-electron chi connectivity index (χ0n) is 8.07. The molecule has 0 aliphatic heterocycles. The average Bonchev–Trinajstić information content (AvgIpc) is 1.58. The molecule has 0 radical (unpaired) electrons. The molecule has 11 heavy (non-hydrogen) atoms. The van der Waals surface area contributed by atoms with Crippen molar-refractivity contribution in [3.8, 4) is 0 Å². The first-order valence-electron chi connectivity index (χ1n) is 3.56. The molecule has 0 bridgehead atoms. The third kappa shape index (κ3) is 3.27. The minimum atomic E-state index is -1.32. The Morgan fingerprint density at radius 3 is 0.909 bits per heavy atom. The normalized spacial score (nSPS) is 19.6. The van der Waals surface area contributed by atoms with Crippen molar-refractivity contribution in [2.24, 2.45) is 0 Å². The monoisotopic (exact) mass is 418 g/mol. The molecule has 0 amide bonds. The van der Waals surface area contributed by atoms with Gasteiger partial charge in [-0.25, -0.2) is 0 Å². The SMILES string of the molecule is C[PH](C)(C)[Pd]([Br])([Br])[PH](C)(C)C. The van der Waals surface area contributed by atoms with Crippen molar-refractivity contribution >= 4 is 37.8 Å². The van der Waals surface area contributed by atoms with E-state index in [9.17, 15) is 0 Å². The van der Waals surface area contributed by atoms with E-state index in [2.05, 4.69) is 66.8 Å². The molecule has 0 atom stereocenters. The summed E-state index contributed by atoms with van der Waals surface area (Å²) in [5.74, 6) is 0. The predicted molar refractivity (Wildman–Crippen MR) is 70.0 cm³/mol. The minimum absolute atomic E-state index is 0.975. The summed E-state index contributed by atoms with van der Waals surface area (Å²) in [5, 5.41) is 0. The van der Waals surface area contributed by atoms with Gasteiger partial charge in [-0.3, -0.25) is 0 Å². The second-order valence-corrected chi connectivity index (χ2v) is 59.3. The van der Waals surface area contributed by atoms with Crippen LogP contribution in [0.2, 0.25) is 0 Å². The van der Waals surface area contributed by atoms with E-state index in [0.29, 0.717) is 0 Å². The van der Waals surface area contributed by atoms with Crippen LogP contribution in [0.25, 0.3) is 0 Å². The van der Waals surface area contributed by atoms with Gasteiger partial charge in [0.1, 0.15) is 0 Å². The fourth-order valence-electron chi connectivity index (χ4n) is 0.712. The summed E-state index contributed by atoms with van der Waals surface area (Å²) in [6, 6.07) is 0. The zero-order valence-corrected chi connectivity index (χ0v) is 14.8. The van der Waals surface area contributed by atoms with Crippen LogP contribution < -0.4 is 0 Å². The van der Waals surface area contributed by atoms with E-state index in [0.717, 1.165) is 0 Å². The Morgan fingerprint density at radius 1 is 0.727 bits per heavy atom. The van der Waals surface area contributed by atoms with Crippen LogP contribution in [0.1, 0.15) is 0 Å². The van der Waals surface area contributed by atoms with E-state index < -0.39 is 21.4 Å². The Bertz CT molecular complexity index is 130. The first-order valence-corrected chi connectivity index (χ1v) is 22.0. The quantitative estimate of drug-likeness (QED) is 0.470. The molecule has 0 nitrogen and oxygen atoms in total. The van der Waals surface area contributed by atoms with Crippen LogP contribution in [0.15, 0.2) is 0 Å². The first-order chi connectivity index (χ1) is 4.50. The van der Waals surface area contributed by atoms with E-state index in [4.69, 9.17) is 0 Å². The molecule has 0 saturated carbocycles. The van der Waals surface area contributed by atoms with Crippen LogP contribution in [0.5, 0.6) is 0 Å². The van der Waals surface area contributed by atoms with Gasteiger partial charge in [0.05, 0.1) is 0 Å². The molecule has 0 fully saturated rings. The van der Waals surface area contributed by atoms with E-state index in [1.165, 1.54) is 0 Å². The van der Waals surface area contributed by atoms with Crippen LogP contribution in [-0.4, -0.2) is 40.0 Å². The molecule has 0 heterocycles. The van der Waals surface area contributed by atoms with Crippen LogP contribution in [-0.2, 0) is 10.5 Å². The topological polar surface area (TPSA) is 0 Å². The standard InChI is InChI=1S/2C3H9P.2BrH.Pd/c2*1-4(2)3;;;/h2*1-3H3;2*1H;. The Morgan fingerprint density at radius 2 is 0.909 bits per heavy atom. The summed E-state index contributed by atoms with van der Waals surface area (Å²) < 4.78 is 0. The van der Waals surface area contributed by atoms with Gasteiger partial charge in [-0.2, -0.15) is 0 Å². The van der Waals surface area contributed by atoms with Gasteiger partial charge < -0.3 is 0 Å². The third-order valence-electron chi connectivity index (χ3n) is 1.19. The number of rotatable bonds is 2. The Hall–Kier alpha value is 2.48. The second kappa shape index (κ2) is 3.92. The molecular weight excluding hydrogens is 400 g/mol. The van der Waals surface area contributed by atoms with Gasteiger partial charge in [0.2, 0.25) is 0 Å². The van der Waals surface area contributed by atoms with Crippen molar-refractivity contribution in [3.05, 3.63) is 0 Å². The summed E-state index contributed by atoms with van der Waals surface area (Å²) >= 11 is 8.03. The summed E-state index contributed by atoms with van der Waals surface area (Å²) in [4.78, 5) is 0. The van der Waals surface area contributed by atoms with Gasteiger partial charge in [0, 0.05) is 0 Å². The van der Waals surface area contributed by atoms with Gasteiger partial charge >= 0.3 is 88.3 Å². The third-order valence-corrected chi connectivity index (χ3v) is 91.4. The molecular formula is C6H20Br2P2Pd. The molecule has 0 aliphatic rings. The summed E-state index contributed by atoms with van der Waals surface area (Å²) in [6.07, 6.45) is 0. The van der Waals surface area contributed by atoms with E-state index in [1.54, 1.807) is 0 Å². The van der Waals surface area contributed by atoms with E-state index in [-0.39, 0.29) is 0 Å². The van der Waals surface area contributed by atoms with Crippen molar-refractivity contribution in [1.82, 2.24) is 0 Å². The Labute approximate surface area is 87.4 Å². The van der Waals surface area contributed by atoms with Gasteiger partial charge in [0.25, 0.3) is 0 Å². The second-order valence-electron chi connectivity index (χ2n) is 4.31. The van der Waals surface area contributed by atoms with E-state index in [1.807, 2.05) is 0 Å². The number of halogens is 2. The maximum absolute atomic E-state index is 4.01. The summed E-state index contributed by atoms with van der Waals surface area (Å²) in [5.41, 5.74) is -1.95. The maximum atomic E-state index is 4.01. The molecule has 0 saturated heterocycles. The van der Waals surface area contributed by atoms with Crippen molar-refractivity contribution in [3.63, 3.8) is 0 Å². The van der Waals surface area contributed by atoms with Gasteiger partial charge in [0.15, 0.2) is 0 Å². The van der Waals surface area contributed by atoms with Crippen molar-refractivity contribution in [2.45, 2.75) is 0 Å². The Balaban J connectivity index is 4.75. The van der Waals surface area contributed by atoms with Crippen molar-refractivity contribution in [1.29, 1.82) is 0 Å². The predicted octanol–water partition coefficient (Wildman–Crippen LogP) is 3.87. The van der Waals surface area contributed by atoms with Gasteiger partial charge in [-0.15, -0.1) is 0 Å². The number of hydrogen-bond donors (Lipinski definition) is 0. The van der Waals surface area contributed by atoms with Gasteiger partial charge in [-0.1, -0.05) is 0 Å². The van der Waals surface area contributed by atoms with Crippen molar-refractivity contribution < 1.29 is 10.5 Å². The van der Waals surface area contributed by atoms with Crippen LogP contribution in [0, 0.1) is 0 Å². The summed E-state index contributed by atoms with van der Waals surface area (Å²) in [6.45, 7) is 14.8. The van der Waals surface area contributed by atoms with Crippen LogP contribution in [0.3, 0.4) is 0 Å². The van der Waals surface area contributed by atoms with Gasteiger partial charge in [-0.05, 0) is 0 Å².